The van der Waals surface area contributed by atoms with Crippen LogP contribution in [0.5, 0.6) is 11.5 Å². The number of carbonyl (C=O) groups excluding carboxylic acids is 1. The van der Waals surface area contributed by atoms with Crippen molar-refractivity contribution in [2.24, 2.45) is 0 Å². The largest absolute Gasteiger partial charge is 0.490 e. The van der Waals surface area contributed by atoms with E-state index in [1.54, 1.807) is 6.92 Å². The summed E-state index contributed by atoms with van der Waals surface area (Å²) in [7, 11) is 0. The fourth-order valence-corrected chi connectivity index (χ4v) is 4.92. The molecule has 0 aliphatic rings. The second-order valence-electron chi connectivity index (χ2n) is 7.99. The Morgan fingerprint density at radius 1 is 1.03 bits per heavy atom. The number of aromatic nitrogens is 2. The Balaban J connectivity index is 1.42. The lowest BCUT2D eigenvalue weighted by Gasteiger charge is -2.13. The van der Waals surface area contributed by atoms with Crippen molar-refractivity contribution < 1.29 is 14.3 Å². The summed E-state index contributed by atoms with van der Waals surface area (Å²) in [5, 5.41) is 3.44. The number of benzene rings is 2. The molecule has 4 rings (SSSR count). The van der Waals surface area contributed by atoms with Crippen LogP contribution in [0.15, 0.2) is 59.4 Å². The summed E-state index contributed by atoms with van der Waals surface area (Å²) < 4.78 is 12.7. The molecule has 2 heterocycles. The van der Waals surface area contributed by atoms with Crippen LogP contribution < -0.4 is 20.3 Å². The SMILES string of the molecule is CCOc1ccc(CCNC(=O)Cn2c(C)nc3sc(-c4ccccc4)cc3c2=O)cc1OCC. The van der Waals surface area contributed by atoms with Crippen LogP contribution in [0.4, 0.5) is 0 Å². The maximum atomic E-state index is 13.1. The molecule has 0 aliphatic heterocycles. The molecule has 1 N–H and O–H groups in total. The summed E-state index contributed by atoms with van der Waals surface area (Å²) in [6.07, 6.45) is 0.633. The highest BCUT2D eigenvalue weighted by molar-refractivity contribution is 7.21. The first kappa shape index (κ1) is 24.5. The minimum atomic E-state index is -0.231. The molecule has 0 atom stereocenters. The van der Waals surface area contributed by atoms with Crippen LogP contribution >= 0.6 is 11.3 Å². The first-order valence-corrected chi connectivity index (χ1v) is 12.5. The van der Waals surface area contributed by atoms with Gasteiger partial charge in [-0.05, 0) is 56.5 Å². The van der Waals surface area contributed by atoms with Gasteiger partial charge in [0, 0.05) is 11.4 Å². The van der Waals surface area contributed by atoms with E-state index < -0.39 is 0 Å². The van der Waals surface area contributed by atoms with Gasteiger partial charge in [0.2, 0.25) is 5.91 Å². The monoisotopic (exact) mass is 491 g/mol. The molecule has 4 aromatic rings. The van der Waals surface area contributed by atoms with Gasteiger partial charge in [0.05, 0.1) is 18.6 Å². The fourth-order valence-electron chi connectivity index (χ4n) is 3.85. The van der Waals surface area contributed by atoms with Crippen LogP contribution in [-0.4, -0.2) is 35.2 Å². The third kappa shape index (κ3) is 5.71. The minimum absolute atomic E-state index is 0.0718. The number of nitrogens with one attached hydrogen (secondary N) is 1. The number of hydrogen-bond acceptors (Lipinski definition) is 6. The van der Waals surface area contributed by atoms with E-state index >= 15 is 0 Å². The number of aryl methyl sites for hydroxylation is 1. The number of ether oxygens (including phenoxy) is 2. The molecule has 0 saturated carbocycles. The predicted octanol–water partition coefficient (Wildman–Crippen LogP) is 4.59. The van der Waals surface area contributed by atoms with Crippen LogP contribution in [-0.2, 0) is 17.8 Å². The van der Waals surface area contributed by atoms with Crippen molar-refractivity contribution in [1.82, 2.24) is 14.9 Å². The van der Waals surface area contributed by atoms with Crippen molar-refractivity contribution >= 4 is 27.5 Å². The molecule has 0 unspecified atom stereocenters. The van der Waals surface area contributed by atoms with Gasteiger partial charge in [-0.2, -0.15) is 0 Å². The zero-order valence-corrected chi connectivity index (χ0v) is 21.0. The van der Waals surface area contributed by atoms with E-state index in [2.05, 4.69) is 10.3 Å². The minimum Gasteiger partial charge on any atom is -0.490 e. The van der Waals surface area contributed by atoms with Crippen LogP contribution in [0, 0.1) is 6.92 Å². The van der Waals surface area contributed by atoms with Gasteiger partial charge in [0.25, 0.3) is 5.56 Å². The first-order chi connectivity index (χ1) is 17.0. The fraction of sp³-hybridized carbons (Fsp3) is 0.296. The number of thiophene rings is 1. The summed E-state index contributed by atoms with van der Waals surface area (Å²) in [6, 6.07) is 17.6. The molecular weight excluding hydrogens is 462 g/mol. The highest BCUT2D eigenvalue weighted by Gasteiger charge is 2.15. The van der Waals surface area contributed by atoms with E-state index in [9.17, 15) is 9.59 Å². The quantitative estimate of drug-likeness (QED) is 0.351. The van der Waals surface area contributed by atoms with Gasteiger partial charge in [-0.25, -0.2) is 4.98 Å². The van der Waals surface area contributed by atoms with E-state index in [0.717, 1.165) is 16.0 Å². The third-order valence-electron chi connectivity index (χ3n) is 5.55. The van der Waals surface area contributed by atoms with Gasteiger partial charge in [0.15, 0.2) is 11.5 Å². The van der Waals surface area contributed by atoms with E-state index in [1.807, 2.05) is 68.4 Å². The molecule has 0 saturated heterocycles. The maximum absolute atomic E-state index is 13.1. The molecule has 8 heteroatoms. The van der Waals surface area contributed by atoms with Crippen molar-refractivity contribution in [3.63, 3.8) is 0 Å². The predicted molar refractivity (Wildman–Crippen MR) is 140 cm³/mol. The molecule has 2 aromatic heterocycles. The van der Waals surface area contributed by atoms with E-state index in [0.29, 0.717) is 53.7 Å². The molecular formula is C27H29N3O4S. The summed E-state index contributed by atoms with van der Waals surface area (Å²) in [6.45, 7) is 7.09. The summed E-state index contributed by atoms with van der Waals surface area (Å²) in [5.41, 5.74) is 1.87. The standard InChI is InChI=1S/C27H29N3O4S/c1-4-33-22-12-11-19(15-23(22)34-5-2)13-14-28-25(31)17-30-18(3)29-26-21(27(30)32)16-24(35-26)20-9-7-6-8-10-20/h6-12,15-16H,4-5,13-14,17H2,1-3H3,(H,28,31). The Labute approximate surface area is 208 Å². The van der Waals surface area contributed by atoms with Crippen molar-refractivity contribution in [3.05, 3.63) is 76.3 Å². The van der Waals surface area contributed by atoms with Crippen LogP contribution in [0.1, 0.15) is 25.2 Å². The van der Waals surface area contributed by atoms with E-state index in [4.69, 9.17) is 9.47 Å². The van der Waals surface area contributed by atoms with Crippen molar-refractivity contribution in [3.8, 4) is 21.9 Å². The Morgan fingerprint density at radius 2 is 1.77 bits per heavy atom. The molecule has 0 aliphatic carbocycles. The summed E-state index contributed by atoms with van der Waals surface area (Å²) in [5.74, 6) is 1.70. The van der Waals surface area contributed by atoms with Gasteiger partial charge in [-0.1, -0.05) is 36.4 Å². The van der Waals surface area contributed by atoms with Crippen LogP contribution in [0.3, 0.4) is 0 Å². The average Bonchev–Trinajstić information content (AvgIpc) is 3.28. The third-order valence-corrected chi connectivity index (χ3v) is 6.62. The Bertz CT molecular complexity index is 1380. The maximum Gasteiger partial charge on any atom is 0.262 e. The second kappa shape index (κ2) is 11.2. The molecule has 0 radical (unpaired) electrons. The molecule has 1 amide bonds. The molecule has 0 bridgehead atoms. The highest BCUT2D eigenvalue weighted by Crippen LogP contribution is 2.31. The molecule has 35 heavy (non-hydrogen) atoms. The van der Waals surface area contributed by atoms with Crippen molar-refractivity contribution in [2.45, 2.75) is 33.7 Å². The number of carbonyl (C=O) groups is 1. The Morgan fingerprint density at radius 3 is 2.51 bits per heavy atom. The molecule has 0 fully saturated rings. The van der Waals surface area contributed by atoms with Crippen LogP contribution in [0.25, 0.3) is 20.7 Å². The van der Waals surface area contributed by atoms with Gasteiger partial charge >= 0.3 is 0 Å². The smallest absolute Gasteiger partial charge is 0.262 e. The van der Waals surface area contributed by atoms with Gasteiger partial charge in [-0.15, -0.1) is 11.3 Å². The van der Waals surface area contributed by atoms with Crippen molar-refractivity contribution in [2.75, 3.05) is 19.8 Å². The zero-order chi connectivity index (χ0) is 24.8. The van der Waals surface area contributed by atoms with E-state index in [-0.39, 0.29) is 18.0 Å². The number of rotatable bonds is 10. The normalized spacial score (nSPS) is 10.9. The van der Waals surface area contributed by atoms with E-state index in [1.165, 1.54) is 15.9 Å². The Hall–Kier alpha value is -3.65. The molecule has 2 aromatic carbocycles. The highest BCUT2D eigenvalue weighted by atomic mass is 32.1. The number of hydrogen-bond donors (Lipinski definition) is 1. The van der Waals surface area contributed by atoms with Crippen molar-refractivity contribution in [1.29, 1.82) is 0 Å². The molecule has 7 nitrogen and oxygen atoms in total. The second-order valence-corrected chi connectivity index (χ2v) is 9.02. The zero-order valence-electron chi connectivity index (χ0n) is 20.2. The van der Waals surface area contributed by atoms with Gasteiger partial charge in [0.1, 0.15) is 17.2 Å². The topological polar surface area (TPSA) is 82.5 Å². The number of nitrogens with zero attached hydrogens (tertiary/aromatic N) is 2. The average molecular weight is 492 g/mol. The molecule has 182 valence electrons. The lowest BCUT2D eigenvalue weighted by molar-refractivity contribution is -0.121. The van der Waals surface area contributed by atoms with Gasteiger partial charge in [-0.3, -0.25) is 14.2 Å². The van der Waals surface area contributed by atoms with Crippen LogP contribution in [0.2, 0.25) is 0 Å². The number of fused-ring (bicyclic) bond motifs is 1. The lowest BCUT2D eigenvalue weighted by atomic mass is 10.1. The first-order valence-electron chi connectivity index (χ1n) is 11.7. The summed E-state index contributed by atoms with van der Waals surface area (Å²) in [4.78, 5) is 32.0. The summed E-state index contributed by atoms with van der Waals surface area (Å²) >= 11 is 1.48. The van der Waals surface area contributed by atoms with Gasteiger partial charge < -0.3 is 14.8 Å². The number of amides is 1. The molecule has 0 spiro atoms. The lowest BCUT2D eigenvalue weighted by Crippen LogP contribution is -2.34. The Kier molecular flexibility index (Phi) is 7.82.